The highest BCUT2D eigenvalue weighted by atomic mass is 16.5. The molecule has 0 aliphatic carbocycles. The van der Waals surface area contributed by atoms with Crippen LogP contribution in [-0.2, 0) is 20.9 Å². The van der Waals surface area contributed by atoms with Gasteiger partial charge in [0.15, 0.2) is 0 Å². The van der Waals surface area contributed by atoms with Crippen molar-refractivity contribution in [1.82, 2.24) is 5.32 Å². The molecule has 0 atom stereocenters. The zero-order valence-electron chi connectivity index (χ0n) is 11.8. The lowest BCUT2D eigenvalue weighted by molar-refractivity contribution is -0.143. The highest BCUT2D eigenvalue weighted by molar-refractivity contribution is 5.71. The van der Waals surface area contributed by atoms with Crippen molar-refractivity contribution in [2.45, 2.75) is 32.8 Å². The van der Waals surface area contributed by atoms with Gasteiger partial charge in [0.1, 0.15) is 6.61 Å². The van der Waals surface area contributed by atoms with E-state index in [1.807, 2.05) is 37.3 Å². The molecule has 1 aromatic carbocycles. The minimum absolute atomic E-state index is 0.157. The van der Waals surface area contributed by atoms with Gasteiger partial charge in [0.2, 0.25) is 0 Å². The van der Waals surface area contributed by atoms with Crippen LogP contribution in [-0.4, -0.2) is 25.2 Å². The van der Waals surface area contributed by atoms with Gasteiger partial charge in [-0.25, -0.2) is 4.79 Å². The molecule has 0 aliphatic heterocycles. The zero-order chi connectivity index (χ0) is 14.6. The third-order valence-corrected chi connectivity index (χ3v) is 2.57. The summed E-state index contributed by atoms with van der Waals surface area (Å²) in [7, 11) is 0. The van der Waals surface area contributed by atoms with Crippen LogP contribution in [0.25, 0.3) is 0 Å². The molecule has 0 radical (unpaired) electrons. The predicted molar refractivity (Wildman–Crippen MR) is 75.1 cm³/mol. The molecule has 0 bridgehead atoms. The molecule has 0 unspecified atom stereocenters. The average Bonchev–Trinajstić information content (AvgIpc) is 2.46. The average molecular weight is 279 g/mol. The minimum Gasteiger partial charge on any atom is -0.466 e. The first-order chi connectivity index (χ1) is 9.72. The lowest BCUT2D eigenvalue weighted by Crippen LogP contribution is -2.27. The van der Waals surface area contributed by atoms with Crippen LogP contribution in [0.4, 0.5) is 4.79 Å². The maximum atomic E-state index is 11.4. The summed E-state index contributed by atoms with van der Waals surface area (Å²) in [5.41, 5.74) is 0.918. The third kappa shape index (κ3) is 7.41. The largest absolute Gasteiger partial charge is 0.466 e. The Morgan fingerprint density at radius 1 is 1.15 bits per heavy atom. The van der Waals surface area contributed by atoms with E-state index in [0.717, 1.165) is 18.4 Å². The summed E-state index contributed by atoms with van der Waals surface area (Å²) >= 11 is 0. The van der Waals surface area contributed by atoms with Gasteiger partial charge >= 0.3 is 12.1 Å². The lowest BCUT2D eigenvalue weighted by atomic mass is 10.2. The molecule has 1 rings (SSSR count). The van der Waals surface area contributed by atoms with Gasteiger partial charge in [-0.15, -0.1) is 0 Å². The Morgan fingerprint density at radius 2 is 1.90 bits per heavy atom. The van der Waals surface area contributed by atoms with Gasteiger partial charge in [0.25, 0.3) is 0 Å². The highest BCUT2D eigenvalue weighted by Gasteiger charge is 2.05. The Hall–Kier alpha value is -2.04. The van der Waals surface area contributed by atoms with Gasteiger partial charge in [-0.3, -0.25) is 4.79 Å². The summed E-state index contributed by atoms with van der Waals surface area (Å²) in [6, 6.07) is 9.40. The van der Waals surface area contributed by atoms with E-state index < -0.39 is 6.09 Å². The number of alkyl carbamates (subject to hydrolysis) is 1. The number of nitrogens with one attached hydrogen (secondary N) is 1. The molecule has 0 heterocycles. The van der Waals surface area contributed by atoms with E-state index in [-0.39, 0.29) is 25.5 Å². The maximum Gasteiger partial charge on any atom is 0.407 e. The fraction of sp³-hybridized carbons (Fsp3) is 0.467. The summed E-state index contributed by atoms with van der Waals surface area (Å²) in [5.74, 6) is -0.304. The normalized spacial score (nSPS) is 9.85. The molecule has 20 heavy (non-hydrogen) atoms. The van der Waals surface area contributed by atoms with E-state index in [9.17, 15) is 9.59 Å². The number of hydrogen-bond donors (Lipinski definition) is 1. The Kier molecular flexibility index (Phi) is 7.87. The van der Waals surface area contributed by atoms with Crippen LogP contribution >= 0.6 is 0 Å². The smallest absolute Gasteiger partial charge is 0.407 e. The Bertz CT molecular complexity index is 406. The number of ether oxygens (including phenoxy) is 2. The summed E-state index contributed by atoms with van der Waals surface area (Å²) < 4.78 is 9.97. The monoisotopic (exact) mass is 279 g/mol. The fourth-order valence-corrected chi connectivity index (χ4v) is 1.44. The molecular formula is C15H21NO4. The summed E-state index contributed by atoms with van der Waals surface area (Å²) in [5, 5.41) is 2.51. The molecule has 0 spiro atoms. The minimum atomic E-state index is -0.532. The van der Waals surface area contributed by atoms with Crippen molar-refractivity contribution >= 4 is 12.1 Å². The number of rotatable bonds is 8. The number of amides is 1. The number of hydrogen-bond acceptors (Lipinski definition) is 4. The Morgan fingerprint density at radius 3 is 2.60 bits per heavy atom. The number of esters is 1. The third-order valence-electron chi connectivity index (χ3n) is 2.57. The Balaban J connectivity index is 2.07. The van der Waals surface area contributed by atoms with Gasteiger partial charge in [-0.1, -0.05) is 43.7 Å². The van der Waals surface area contributed by atoms with Gasteiger partial charge in [0.05, 0.1) is 13.0 Å². The highest BCUT2D eigenvalue weighted by Crippen LogP contribution is 2.00. The standard InChI is InChI=1S/C15H21NO4/c1-2-3-11-19-14(17)9-10-16-15(18)20-12-13-7-5-4-6-8-13/h4-8H,2-3,9-12H2,1H3,(H,16,18). The van der Waals surface area contributed by atoms with E-state index >= 15 is 0 Å². The molecule has 110 valence electrons. The molecule has 1 amide bonds. The molecule has 0 aliphatic rings. The molecule has 5 nitrogen and oxygen atoms in total. The molecule has 0 saturated heterocycles. The predicted octanol–water partition coefficient (Wildman–Crippen LogP) is 2.65. The van der Waals surface area contributed by atoms with Crippen LogP contribution in [0.1, 0.15) is 31.7 Å². The second kappa shape index (κ2) is 9.83. The van der Waals surface area contributed by atoms with E-state index in [0.29, 0.717) is 6.61 Å². The molecule has 5 heteroatoms. The topological polar surface area (TPSA) is 64.6 Å². The van der Waals surface area contributed by atoms with E-state index in [1.165, 1.54) is 0 Å². The number of carbonyl (C=O) groups excluding carboxylic acids is 2. The van der Waals surface area contributed by atoms with Gasteiger partial charge in [-0.2, -0.15) is 0 Å². The second-order valence-electron chi connectivity index (χ2n) is 4.31. The molecule has 0 fully saturated rings. The van der Waals surface area contributed by atoms with Crippen LogP contribution < -0.4 is 5.32 Å². The fourth-order valence-electron chi connectivity index (χ4n) is 1.44. The summed E-state index contributed by atoms with van der Waals surface area (Å²) in [6.07, 6.45) is 1.47. The first-order valence-corrected chi connectivity index (χ1v) is 6.82. The van der Waals surface area contributed by atoms with Gasteiger partial charge < -0.3 is 14.8 Å². The van der Waals surface area contributed by atoms with E-state index in [4.69, 9.17) is 9.47 Å². The van der Waals surface area contributed by atoms with E-state index in [2.05, 4.69) is 5.32 Å². The van der Waals surface area contributed by atoms with Crippen LogP contribution in [0.5, 0.6) is 0 Å². The molecular weight excluding hydrogens is 258 g/mol. The molecule has 0 saturated carbocycles. The van der Waals surface area contributed by atoms with Crippen LogP contribution in [0.3, 0.4) is 0 Å². The van der Waals surface area contributed by atoms with Gasteiger partial charge in [-0.05, 0) is 12.0 Å². The quantitative estimate of drug-likeness (QED) is 0.587. The number of unbranched alkanes of at least 4 members (excludes halogenated alkanes) is 1. The molecule has 0 aromatic heterocycles. The van der Waals surface area contributed by atoms with Crippen molar-refractivity contribution in [1.29, 1.82) is 0 Å². The Labute approximate surface area is 119 Å². The maximum absolute atomic E-state index is 11.4. The van der Waals surface area contributed by atoms with Gasteiger partial charge in [0, 0.05) is 6.54 Å². The zero-order valence-corrected chi connectivity index (χ0v) is 11.8. The van der Waals surface area contributed by atoms with Crippen molar-refractivity contribution in [3.05, 3.63) is 35.9 Å². The summed E-state index contributed by atoms with van der Waals surface area (Å²) in [4.78, 5) is 22.6. The SMILES string of the molecule is CCCCOC(=O)CCNC(=O)OCc1ccccc1. The number of carbonyl (C=O) groups is 2. The van der Waals surface area contributed by atoms with E-state index in [1.54, 1.807) is 0 Å². The first-order valence-electron chi connectivity index (χ1n) is 6.82. The van der Waals surface area contributed by atoms with Crippen molar-refractivity contribution in [2.75, 3.05) is 13.2 Å². The summed E-state index contributed by atoms with van der Waals surface area (Å²) in [6.45, 7) is 2.90. The van der Waals surface area contributed by atoms with Crippen molar-refractivity contribution in [2.24, 2.45) is 0 Å². The number of benzene rings is 1. The van der Waals surface area contributed by atoms with Crippen LogP contribution in [0.15, 0.2) is 30.3 Å². The first kappa shape index (κ1) is 16.0. The molecule has 1 N–H and O–H groups in total. The molecule has 1 aromatic rings. The van der Waals surface area contributed by atoms with Crippen molar-refractivity contribution < 1.29 is 19.1 Å². The van der Waals surface area contributed by atoms with Crippen LogP contribution in [0, 0.1) is 0 Å². The second-order valence-corrected chi connectivity index (χ2v) is 4.31. The van der Waals surface area contributed by atoms with Crippen molar-refractivity contribution in [3.8, 4) is 0 Å². The van der Waals surface area contributed by atoms with Crippen molar-refractivity contribution in [3.63, 3.8) is 0 Å². The van der Waals surface area contributed by atoms with Crippen LogP contribution in [0.2, 0.25) is 0 Å². The lowest BCUT2D eigenvalue weighted by Gasteiger charge is -2.07.